The van der Waals surface area contributed by atoms with Crippen molar-refractivity contribution in [3.8, 4) is 0 Å². The predicted octanol–water partition coefficient (Wildman–Crippen LogP) is 7.22. The molecule has 0 aliphatic carbocycles. The fraction of sp³-hybridized carbons (Fsp3) is 0.968. The Bertz CT molecular complexity index is 861. The van der Waals surface area contributed by atoms with Gasteiger partial charge in [-0.3, -0.25) is 0 Å². The number of halogens is 3. The highest BCUT2D eigenvalue weighted by molar-refractivity contribution is 6.67. The van der Waals surface area contributed by atoms with Gasteiger partial charge in [-0.25, -0.2) is 4.79 Å². The fourth-order valence-corrected chi connectivity index (χ4v) is 6.90. The van der Waals surface area contributed by atoms with Crippen molar-refractivity contribution in [1.82, 2.24) is 5.32 Å². The third-order valence-electron chi connectivity index (χ3n) is 10.7. The van der Waals surface area contributed by atoms with E-state index in [1.54, 1.807) is 0 Å². The van der Waals surface area contributed by atoms with Crippen LogP contribution >= 0.6 is 34.8 Å². The van der Waals surface area contributed by atoms with Crippen molar-refractivity contribution >= 4 is 40.9 Å². The SMILES string of the molecule is CCC1O[C@@H](OCC2O[C@@H](OCC3OC(C)C(NC(=O)OCC(Cl)(Cl)Cl)[C@@H](C)[C@@H]3C)C(C)[C@@H](C)[C@@H]2C)C(C)[C@@H](C)[C@@H]1C. The quantitative estimate of drug-likeness (QED) is 0.262. The van der Waals surface area contributed by atoms with Crippen LogP contribution in [0.2, 0.25) is 0 Å². The van der Waals surface area contributed by atoms with Gasteiger partial charge in [0.1, 0.15) is 6.61 Å². The number of amides is 1. The van der Waals surface area contributed by atoms with Crippen molar-refractivity contribution in [2.45, 2.75) is 122 Å². The minimum Gasteiger partial charge on any atom is -0.445 e. The monoisotopic (exact) mass is 657 g/mol. The van der Waals surface area contributed by atoms with Crippen molar-refractivity contribution in [2.24, 2.45) is 47.3 Å². The largest absolute Gasteiger partial charge is 0.445 e. The van der Waals surface area contributed by atoms with E-state index in [1.807, 2.05) is 6.92 Å². The van der Waals surface area contributed by atoms with Gasteiger partial charge in [-0.2, -0.15) is 0 Å². The zero-order chi connectivity index (χ0) is 31.5. The number of nitrogens with one attached hydrogen (secondary N) is 1. The molecule has 1 amide bonds. The third-order valence-corrected chi connectivity index (χ3v) is 11.1. The molecule has 0 spiro atoms. The molecular weight excluding hydrogens is 605 g/mol. The van der Waals surface area contributed by atoms with Crippen molar-refractivity contribution in [3.05, 3.63) is 0 Å². The molecule has 8 nitrogen and oxygen atoms in total. The molecule has 0 radical (unpaired) electrons. The van der Waals surface area contributed by atoms with E-state index in [0.717, 1.165) is 6.42 Å². The van der Waals surface area contributed by atoms with Crippen molar-refractivity contribution < 1.29 is 33.2 Å². The van der Waals surface area contributed by atoms with Crippen LogP contribution in [-0.4, -0.2) is 72.7 Å². The Morgan fingerprint density at radius 3 is 1.62 bits per heavy atom. The summed E-state index contributed by atoms with van der Waals surface area (Å²) in [6.07, 6.45) is -0.557. The van der Waals surface area contributed by atoms with E-state index in [0.29, 0.717) is 42.8 Å². The molecule has 15 atom stereocenters. The van der Waals surface area contributed by atoms with Crippen molar-refractivity contribution in [2.75, 3.05) is 19.8 Å². The highest BCUT2D eigenvalue weighted by Gasteiger charge is 2.45. The van der Waals surface area contributed by atoms with Gasteiger partial charge in [-0.15, -0.1) is 0 Å². The van der Waals surface area contributed by atoms with Crippen LogP contribution in [0.15, 0.2) is 0 Å². The summed E-state index contributed by atoms with van der Waals surface area (Å²) in [5, 5.41) is 2.87. The van der Waals surface area contributed by atoms with Gasteiger partial charge in [0.2, 0.25) is 3.79 Å². The lowest BCUT2D eigenvalue weighted by Crippen LogP contribution is -2.57. The number of ether oxygens (including phenoxy) is 6. The minimum atomic E-state index is -1.66. The molecule has 0 aromatic carbocycles. The van der Waals surface area contributed by atoms with Gasteiger partial charge in [0.15, 0.2) is 12.6 Å². The Morgan fingerprint density at radius 1 is 0.667 bits per heavy atom. The molecule has 11 heteroatoms. The average Bonchev–Trinajstić information content (AvgIpc) is 2.93. The Kier molecular flexibility index (Phi) is 13.4. The fourth-order valence-electron chi connectivity index (χ4n) is 6.73. The molecule has 246 valence electrons. The molecule has 3 heterocycles. The highest BCUT2D eigenvalue weighted by Crippen LogP contribution is 2.40. The second kappa shape index (κ2) is 15.5. The second-order valence-electron chi connectivity index (χ2n) is 13.3. The molecule has 3 rings (SSSR count). The minimum absolute atomic E-state index is 0.0958. The van der Waals surface area contributed by atoms with Gasteiger partial charge >= 0.3 is 6.09 Å². The van der Waals surface area contributed by atoms with Crippen LogP contribution in [0.5, 0.6) is 0 Å². The standard InChI is InChI=1S/C31H54Cl3NO7/c1-11-24-17(4)15(2)21(8)28(41-24)38-13-26-18(5)16(3)22(9)29(42-26)37-12-25-19(6)20(7)27(23(10)40-25)35-30(36)39-14-31(32,33)34/h15-29H,11-14H2,1-10H3,(H,35,36)/t15-,16-,17-,18-,19-,20-,21?,22?,23?,24?,25?,26?,27?,28+,29+/m0/s1. The van der Waals surface area contributed by atoms with Crippen molar-refractivity contribution in [1.29, 1.82) is 0 Å². The summed E-state index contributed by atoms with van der Waals surface area (Å²) in [6, 6.07) is -0.256. The van der Waals surface area contributed by atoms with E-state index in [4.69, 9.17) is 63.2 Å². The van der Waals surface area contributed by atoms with E-state index in [2.05, 4.69) is 67.6 Å². The topological polar surface area (TPSA) is 84.5 Å². The van der Waals surface area contributed by atoms with E-state index in [-0.39, 0.29) is 67.4 Å². The molecule has 0 aromatic heterocycles. The van der Waals surface area contributed by atoms with Crippen LogP contribution in [0, 0.1) is 47.3 Å². The number of rotatable bonds is 9. The molecule has 3 fully saturated rings. The number of carbonyl (C=O) groups is 1. The van der Waals surface area contributed by atoms with Gasteiger partial charge < -0.3 is 33.7 Å². The first kappa shape index (κ1) is 36.4. The smallest absolute Gasteiger partial charge is 0.407 e. The molecule has 3 aliphatic heterocycles. The first-order chi connectivity index (χ1) is 19.5. The molecular formula is C31H54Cl3NO7. The van der Waals surface area contributed by atoms with Crippen LogP contribution in [0.3, 0.4) is 0 Å². The average molecular weight is 659 g/mol. The van der Waals surface area contributed by atoms with E-state index in [1.165, 1.54) is 0 Å². The maximum atomic E-state index is 12.3. The molecule has 3 aliphatic rings. The first-order valence-electron chi connectivity index (χ1n) is 15.7. The second-order valence-corrected chi connectivity index (χ2v) is 15.8. The predicted molar refractivity (Wildman–Crippen MR) is 166 cm³/mol. The Balaban J connectivity index is 1.55. The number of alkyl carbamates (subject to hydrolysis) is 1. The Hall–Kier alpha value is -0.0600. The molecule has 0 saturated carbocycles. The van der Waals surface area contributed by atoms with Crippen LogP contribution in [0.25, 0.3) is 0 Å². The first-order valence-corrected chi connectivity index (χ1v) is 16.9. The molecule has 0 bridgehead atoms. The maximum Gasteiger partial charge on any atom is 0.407 e. The number of hydrogen-bond donors (Lipinski definition) is 1. The van der Waals surface area contributed by atoms with Gasteiger partial charge in [-0.05, 0) is 48.9 Å². The molecule has 42 heavy (non-hydrogen) atoms. The summed E-state index contributed by atoms with van der Waals surface area (Å²) < 4.78 is 35.5. The summed E-state index contributed by atoms with van der Waals surface area (Å²) in [4.78, 5) is 12.3. The van der Waals surface area contributed by atoms with Crippen LogP contribution < -0.4 is 5.32 Å². The molecule has 1 N–H and O–H groups in total. The molecule has 0 aromatic rings. The zero-order valence-electron chi connectivity index (χ0n) is 27.0. The number of alkyl halides is 3. The maximum absolute atomic E-state index is 12.3. The van der Waals surface area contributed by atoms with E-state index >= 15 is 0 Å². The molecule has 3 saturated heterocycles. The third kappa shape index (κ3) is 9.02. The summed E-state index contributed by atoms with van der Waals surface area (Å²) in [5.74, 6) is 2.47. The Labute approximate surface area is 268 Å². The van der Waals surface area contributed by atoms with Gasteiger partial charge in [-0.1, -0.05) is 97.1 Å². The number of carbonyl (C=O) groups excluding carboxylic acids is 1. The lowest BCUT2D eigenvalue weighted by atomic mass is 9.78. The van der Waals surface area contributed by atoms with Crippen LogP contribution in [-0.2, 0) is 28.4 Å². The zero-order valence-corrected chi connectivity index (χ0v) is 29.2. The summed E-state index contributed by atoms with van der Waals surface area (Å²) in [7, 11) is 0. The van der Waals surface area contributed by atoms with Crippen LogP contribution in [0.4, 0.5) is 4.79 Å². The lowest BCUT2D eigenvalue weighted by molar-refractivity contribution is -0.295. The van der Waals surface area contributed by atoms with E-state index < -0.39 is 9.89 Å². The normalized spacial score (nSPS) is 44.9. The molecule has 7 unspecified atom stereocenters. The van der Waals surface area contributed by atoms with Crippen LogP contribution in [0.1, 0.15) is 75.7 Å². The van der Waals surface area contributed by atoms with E-state index in [9.17, 15) is 4.79 Å². The lowest BCUT2D eigenvalue weighted by Gasteiger charge is -2.47. The van der Waals surface area contributed by atoms with Gasteiger partial charge in [0.05, 0.1) is 43.7 Å². The summed E-state index contributed by atoms with van der Waals surface area (Å²) in [6.45, 7) is 22.3. The summed E-state index contributed by atoms with van der Waals surface area (Å²) >= 11 is 17.1. The van der Waals surface area contributed by atoms with Gasteiger partial charge in [0, 0.05) is 11.8 Å². The van der Waals surface area contributed by atoms with Crippen molar-refractivity contribution in [3.63, 3.8) is 0 Å². The highest BCUT2D eigenvalue weighted by atomic mass is 35.6. The summed E-state index contributed by atoms with van der Waals surface area (Å²) in [5.41, 5.74) is 0. The van der Waals surface area contributed by atoms with Gasteiger partial charge in [0.25, 0.3) is 0 Å². The Morgan fingerprint density at radius 2 is 1.12 bits per heavy atom. The number of hydrogen-bond acceptors (Lipinski definition) is 7.